The molecule has 0 spiro atoms. The Morgan fingerprint density at radius 3 is 3.00 bits per heavy atom. The summed E-state index contributed by atoms with van der Waals surface area (Å²) in [5.74, 6) is 0.0852. The predicted octanol–water partition coefficient (Wildman–Crippen LogP) is 2.52. The number of likely N-dealkylation sites (tertiary alicyclic amines) is 1. The number of aryl methyl sites for hydroxylation is 1. The maximum Gasteiger partial charge on any atom is 0.280 e. The highest BCUT2D eigenvalue weighted by molar-refractivity contribution is 6.31. The van der Waals surface area contributed by atoms with Crippen molar-refractivity contribution in [1.82, 2.24) is 30.0 Å². The maximum atomic E-state index is 13.3. The number of carbonyl (C=O) groups is 1. The van der Waals surface area contributed by atoms with E-state index in [4.69, 9.17) is 16.1 Å². The summed E-state index contributed by atoms with van der Waals surface area (Å²) in [5.41, 5.74) is 0.846. The van der Waals surface area contributed by atoms with Crippen molar-refractivity contribution in [2.75, 3.05) is 13.1 Å². The molecule has 8 nitrogen and oxygen atoms in total. The first-order chi connectivity index (χ1) is 12.5. The minimum atomic E-state index is -0.547. The van der Waals surface area contributed by atoms with Gasteiger partial charge in [-0.15, -0.1) is 5.10 Å². The van der Waals surface area contributed by atoms with Crippen molar-refractivity contribution in [1.29, 1.82) is 0 Å². The number of halogens is 2. The standard InChI is InChI=1S/C16H14ClFN6O2/c1-9-19-15(26-21-9)14-8-24(22-20-14)11-4-5-23(7-11)16(25)10-2-3-13(18)12(17)6-10/h2-3,6,8,11H,4-5,7H2,1H3/t11-/m0/s1. The molecular formula is C16H14ClFN6O2. The molecule has 3 aromatic rings. The Morgan fingerprint density at radius 2 is 2.27 bits per heavy atom. The SMILES string of the molecule is Cc1noc(-c2cn([C@H]3CCN(C(=O)c4ccc(F)c(Cl)c4)C3)nn2)n1. The lowest BCUT2D eigenvalue weighted by molar-refractivity contribution is 0.0787. The number of hydrogen-bond donors (Lipinski definition) is 0. The molecule has 1 aliphatic heterocycles. The van der Waals surface area contributed by atoms with Gasteiger partial charge in [0.15, 0.2) is 11.5 Å². The molecule has 1 aromatic carbocycles. The molecule has 1 amide bonds. The van der Waals surface area contributed by atoms with Gasteiger partial charge in [0, 0.05) is 18.7 Å². The zero-order valence-corrected chi connectivity index (χ0v) is 14.5. The van der Waals surface area contributed by atoms with Crippen LogP contribution in [0.1, 0.15) is 28.6 Å². The number of amides is 1. The highest BCUT2D eigenvalue weighted by atomic mass is 35.5. The monoisotopic (exact) mass is 376 g/mol. The molecule has 26 heavy (non-hydrogen) atoms. The third kappa shape index (κ3) is 3.05. The predicted molar refractivity (Wildman–Crippen MR) is 89.0 cm³/mol. The highest BCUT2D eigenvalue weighted by Gasteiger charge is 2.29. The Bertz CT molecular complexity index is 971. The van der Waals surface area contributed by atoms with Gasteiger partial charge in [0.1, 0.15) is 5.82 Å². The van der Waals surface area contributed by atoms with Crippen LogP contribution in [0.2, 0.25) is 5.02 Å². The quantitative estimate of drug-likeness (QED) is 0.697. The molecule has 1 fully saturated rings. The average molecular weight is 377 g/mol. The summed E-state index contributed by atoms with van der Waals surface area (Å²) in [6.45, 7) is 2.76. The van der Waals surface area contributed by atoms with Crippen LogP contribution >= 0.6 is 11.6 Å². The van der Waals surface area contributed by atoms with Crippen LogP contribution in [0.25, 0.3) is 11.6 Å². The van der Waals surface area contributed by atoms with E-state index >= 15 is 0 Å². The molecule has 2 aromatic heterocycles. The van der Waals surface area contributed by atoms with Gasteiger partial charge in [0.25, 0.3) is 11.8 Å². The molecule has 3 heterocycles. The number of nitrogens with zero attached hydrogens (tertiary/aromatic N) is 6. The summed E-state index contributed by atoms with van der Waals surface area (Å²) < 4.78 is 20.0. The molecule has 10 heteroatoms. The van der Waals surface area contributed by atoms with Gasteiger partial charge in [-0.25, -0.2) is 9.07 Å². The molecule has 1 aliphatic rings. The van der Waals surface area contributed by atoms with Crippen LogP contribution in [0.5, 0.6) is 0 Å². The number of carbonyl (C=O) groups excluding carboxylic acids is 1. The van der Waals surface area contributed by atoms with Crippen LogP contribution in [0.15, 0.2) is 28.9 Å². The third-order valence-electron chi connectivity index (χ3n) is 4.25. The topological polar surface area (TPSA) is 89.9 Å². The molecule has 1 saturated heterocycles. The second kappa shape index (κ2) is 6.49. The van der Waals surface area contributed by atoms with Gasteiger partial charge in [-0.05, 0) is 31.5 Å². The first kappa shape index (κ1) is 16.6. The second-order valence-electron chi connectivity index (χ2n) is 6.05. The lowest BCUT2D eigenvalue weighted by Gasteiger charge is -2.16. The van der Waals surface area contributed by atoms with E-state index in [1.54, 1.807) is 22.7 Å². The molecule has 0 unspecified atom stereocenters. The van der Waals surface area contributed by atoms with Gasteiger partial charge < -0.3 is 9.42 Å². The van der Waals surface area contributed by atoms with E-state index in [1.165, 1.54) is 18.2 Å². The summed E-state index contributed by atoms with van der Waals surface area (Å²) in [7, 11) is 0. The van der Waals surface area contributed by atoms with E-state index in [0.717, 1.165) is 6.42 Å². The second-order valence-corrected chi connectivity index (χ2v) is 6.46. The van der Waals surface area contributed by atoms with Crippen LogP contribution in [0, 0.1) is 12.7 Å². The first-order valence-electron chi connectivity index (χ1n) is 7.98. The zero-order valence-electron chi connectivity index (χ0n) is 13.8. The van der Waals surface area contributed by atoms with Gasteiger partial charge in [0.05, 0.1) is 17.3 Å². The molecule has 0 N–H and O–H groups in total. The van der Waals surface area contributed by atoms with Gasteiger partial charge in [-0.1, -0.05) is 22.0 Å². The van der Waals surface area contributed by atoms with Crippen LogP contribution in [0.3, 0.4) is 0 Å². The van der Waals surface area contributed by atoms with Crippen LogP contribution in [-0.4, -0.2) is 49.0 Å². The van der Waals surface area contributed by atoms with Crippen molar-refractivity contribution >= 4 is 17.5 Å². The molecule has 4 rings (SSSR count). The summed E-state index contributed by atoms with van der Waals surface area (Å²) in [6, 6.07) is 3.96. The van der Waals surface area contributed by atoms with E-state index in [1.807, 2.05) is 0 Å². The Labute approximate surface area is 152 Å². The van der Waals surface area contributed by atoms with E-state index in [-0.39, 0.29) is 17.0 Å². The maximum absolute atomic E-state index is 13.3. The van der Waals surface area contributed by atoms with Crippen molar-refractivity contribution in [2.24, 2.45) is 0 Å². The summed E-state index contributed by atoms with van der Waals surface area (Å²) in [4.78, 5) is 18.4. The van der Waals surface area contributed by atoms with Crippen molar-refractivity contribution < 1.29 is 13.7 Å². The lowest BCUT2D eigenvalue weighted by Crippen LogP contribution is -2.29. The Balaban J connectivity index is 1.47. The zero-order chi connectivity index (χ0) is 18.3. The third-order valence-corrected chi connectivity index (χ3v) is 4.54. The fourth-order valence-corrected chi connectivity index (χ4v) is 3.09. The molecular weight excluding hydrogens is 363 g/mol. The van der Waals surface area contributed by atoms with Crippen LogP contribution in [0.4, 0.5) is 4.39 Å². The van der Waals surface area contributed by atoms with Crippen LogP contribution in [-0.2, 0) is 0 Å². The summed E-state index contributed by atoms with van der Waals surface area (Å²) in [5, 5.41) is 11.8. The van der Waals surface area contributed by atoms with E-state index < -0.39 is 5.82 Å². The van der Waals surface area contributed by atoms with Gasteiger partial charge in [-0.2, -0.15) is 4.98 Å². The van der Waals surface area contributed by atoms with Gasteiger partial charge >= 0.3 is 0 Å². The molecule has 134 valence electrons. The summed E-state index contributed by atoms with van der Waals surface area (Å²) >= 11 is 5.76. The Hall–Kier alpha value is -2.81. The van der Waals surface area contributed by atoms with Crippen molar-refractivity contribution in [3.8, 4) is 11.6 Å². The fraction of sp³-hybridized carbons (Fsp3) is 0.312. The van der Waals surface area contributed by atoms with E-state index in [9.17, 15) is 9.18 Å². The average Bonchev–Trinajstić information content (AvgIpc) is 3.35. The molecule has 0 radical (unpaired) electrons. The number of rotatable bonds is 3. The Morgan fingerprint density at radius 1 is 1.42 bits per heavy atom. The first-order valence-corrected chi connectivity index (χ1v) is 8.36. The normalized spacial score (nSPS) is 17.0. The highest BCUT2D eigenvalue weighted by Crippen LogP contribution is 2.25. The van der Waals surface area contributed by atoms with Crippen molar-refractivity contribution in [3.05, 3.63) is 46.6 Å². The number of aromatic nitrogens is 5. The molecule has 1 atom stereocenters. The number of hydrogen-bond acceptors (Lipinski definition) is 6. The largest absolute Gasteiger partial charge is 0.336 e. The fourth-order valence-electron chi connectivity index (χ4n) is 2.91. The summed E-state index contributed by atoms with van der Waals surface area (Å²) in [6.07, 6.45) is 2.45. The van der Waals surface area contributed by atoms with Gasteiger partial charge in [0.2, 0.25) is 0 Å². The van der Waals surface area contributed by atoms with Crippen molar-refractivity contribution in [3.63, 3.8) is 0 Å². The van der Waals surface area contributed by atoms with Crippen molar-refractivity contribution in [2.45, 2.75) is 19.4 Å². The molecule has 0 aliphatic carbocycles. The minimum Gasteiger partial charge on any atom is -0.336 e. The van der Waals surface area contributed by atoms with E-state index in [0.29, 0.717) is 36.1 Å². The minimum absolute atomic E-state index is 0.0138. The van der Waals surface area contributed by atoms with Gasteiger partial charge in [-0.3, -0.25) is 4.79 Å². The van der Waals surface area contributed by atoms with E-state index in [2.05, 4.69) is 20.5 Å². The lowest BCUT2D eigenvalue weighted by atomic mass is 10.2. The molecule has 0 saturated carbocycles. The Kier molecular flexibility index (Phi) is 4.15. The number of benzene rings is 1. The van der Waals surface area contributed by atoms with Crippen LogP contribution < -0.4 is 0 Å². The smallest absolute Gasteiger partial charge is 0.280 e. The molecule has 0 bridgehead atoms.